The molecule has 0 aromatic rings. The summed E-state index contributed by atoms with van der Waals surface area (Å²) in [4.78, 5) is 0. The van der Waals surface area contributed by atoms with Crippen molar-refractivity contribution in [1.82, 2.24) is 0 Å². The van der Waals surface area contributed by atoms with Crippen LogP contribution in [0.4, 0.5) is 0 Å². The van der Waals surface area contributed by atoms with Crippen molar-refractivity contribution in [2.45, 2.75) is 32.6 Å². The van der Waals surface area contributed by atoms with E-state index >= 15 is 0 Å². The molecule has 0 rings (SSSR count). The Hall–Kier alpha value is 0.0500. The number of allylic oxidation sites excluding steroid dienone is 1. The third-order valence-corrected chi connectivity index (χ3v) is 3.83. The highest BCUT2D eigenvalue weighted by molar-refractivity contribution is 7.54. The highest BCUT2D eigenvalue weighted by Gasteiger charge is 2.22. The lowest BCUT2D eigenvalue weighted by molar-refractivity contribution is 0.245. The van der Waals surface area contributed by atoms with Gasteiger partial charge in [-0.1, -0.05) is 55.5 Å². The van der Waals surface area contributed by atoms with Crippen molar-refractivity contribution < 1.29 is 13.6 Å². The maximum atomic E-state index is 12.1. The predicted molar refractivity (Wildman–Crippen MR) is 73.6 cm³/mol. The van der Waals surface area contributed by atoms with Crippen LogP contribution < -0.4 is 0 Å². The van der Waals surface area contributed by atoms with Gasteiger partial charge >= 0.3 is 7.60 Å². The second-order valence-corrected chi connectivity index (χ2v) is 6.55. The van der Waals surface area contributed by atoms with E-state index in [4.69, 9.17) is 32.2 Å². The van der Waals surface area contributed by atoms with Gasteiger partial charge in [-0.25, -0.2) is 4.57 Å². The first-order chi connectivity index (χ1) is 8.04. The van der Waals surface area contributed by atoms with Crippen LogP contribution in [0, 0.1) is 0 Å². The summed E-state index contributed by atoms with van der Waals surface area (Å²) in [6, 6.07) is 0. The molecule has 0 N–H and O–H groups in total. The summed E-state index contributed by atoms with van der Waals surface area (Å²) < 4.78 is 22.2. The summed E-state index contributed by atoms with van der Waals surface area (Å²) in [6.07, 6.45) is 6.85. The van der Waals surface area contributed by atoms with Gasteiger partial charge in [0.1, 0.15) is 10.8 Å². The summed E-state index contributed by atoms with van der Waals surface area (Å²) in [5.74, 6) is 0. The molecule has 1 unspecified atom stereocenters. The van der Waals surface area contributed by atoms with Crippen molar-refractivity contribution in [3.05, 3.63) is 23.4 Å². The van der Waals surface area contributed by atoms with E-state index in [-0.39, 0.29) is 10.7 Å². The molecule has 0 aromatic heterocycles. The molecule has 100 valence electrons. The Labute approximate surface area is 113 Å². The van der Waals surface area contributed by atoms with Crippen molar-refractivity contribution in [3.8, 4) is 0 Å². The molecule has 17 heavy (non-hydrogen) atoms. The Kier molecular flexibility index (Phi) is 10.0. The van der Waals surface area contributed by atoms with Crippen molar-refractivity contribution in [2.24, 2.45) is 0 Å². The van der Waals surface area contributed by atoms with Crippen LogP contribution in [0.5, 0.6) is 0 Å². The fourth-order valence-electron chi connectivity index (χ4n) is 1.14. The molecule has 0 aliphatic rings. The van der Waals surface area contributed by atoms with Gasteiger partial charge in [-0.05, 0) is 6.42 Å². The molecule has 1 atom stereocenters. The molecule has 0 bridgehead atoms. The van der Waals surface area contributed by atoms with E-state index in [1.54, 1.807) is 0 Å². The average Bonchev–Trinajstić information content (AvgIpc) is 2.27. The number of hydrogen-bond donors (Lipinski definition) is 0. The molecule has 0 aliphatic carbocycles. The standard InChI is InChI=1S/C11H19Cl2O3P/c1-3-5-6-7-8-15-17(14,9-4-2)16-10-11(12)13/h4,10H,2-3,5-9H2,1H3. The van der Waals surface area contributed by atoms with E-state index in [9.17, 15) is 4.57 Å². The highest BCUT2D eigenvalue weighted by Crippen LogP contribution is 2.49. The molecule has 0 fully saturated rings. The summed E-state index contributed by atoms with van der Waals surface area (Å²) in [5.41, 5.74) is 0. The Bertz CT molecular complexity index is 288. The normalized spacial score (nSPS) is 13.8. The molecular weight excluding hydrogens is 282 g/mol. The van der Waals surface area contributed by atoms with E-state index in [1.807, 2.05) is 0 Å². The zero-order chi connectivity index (χ0) is 13.1. The Morgan fingerprint density at radius 1 is 1.35 bits per heavy atom. The van der Waals surface area contributed by atoms with E-state index in [2.05, 4.69) is 13.5 Å². The van der Waals surface area contributed by atoms with Crippen LogP contribution in [-0.4, -0.2) is 12.8 Å². The molecule has 0 radical (unpaired) electrons. The van der Waals surface area contributed by atoms with Gasteiger partial charge in [-0.3, -0.25) is 4.52 Å². The van der Waals surface area contributed by atoms with Crippen molar-refractivity contribution in [1.29, 1.82) is 0 Å². The number of unbranched alkanes of at least 4 members (excludes halogenated alkanes) is 3. The summed E-state index contributed by atoms with van der Waals surface area (Å²) in [5, 5.41) is 0. The first kappa shape index (κ1) is 17.1. The number of rotatable bonds is 10. The zero-order valence-corrected chi connectivity index (χ0v) is 12.4. The lowest BCUT2D eigenvalue weighted by atomic mass is 10.2. The molecule has 0 saturated heterocycles. The van der Waals surface area contributed by atoms with Gasteiger partial charge in [0.25, 0.3) is 0 Å². The minimum atomic E-state index is -3.19. The van der Waals surface area contributed by atoms with E-state index in [0.29, 0.717) is 6.61 Å². The summed E-state index contributed by atoms with van der Waals surface area (Å²) >= 11 is 10.8. The largest absolute Gasteiger partial charge is 0.430 e. The van der Waals surface area contributed by atoms with Gasteiger partial charge in [0, 0.05) is 0 Å². The van der Waals surface area contributed by atoms with Crippen LogP contribution >= 0.6 is 30.8 Å². The smallest absolute Gasteiger partial charge is 0.382 e. The Morgan fingerprint density at radius 3 is 2.59 bits per heavy atom. The monoisotopic (exact) mass is 300 g/mol. The van der Waals surface area contributed by atoms with Crippen LogP contribution in [0.1, 0.15) is 32.6 Å². The second kappa shape index (κ2) is 10.0. The maximum Gasteiger partial charge on any atom is 0.382 e. The fourth-order valence-corrected chi connectivity index (χ4v) is 2.59. The van der Waals surface area contributed by atoms with Crippen LogP contribution in [0.25, 0.3) is 0 Å². The molecule has 3 nitrogen and oxygen atoms in total. The van der Waals surface area contributed by atoms with E-state index in [0.717, 1.165) is 31.9 Å². The predicted octanol–water partition coefficient (Wildman–Crippen LogP) is 5.26. The third kappa shape index (κ3) is 9.72. The Balaban J connectivity index is 4.08. The second-order valence-electron chi connectivity index (χ2n) is 3.49. The minimum Gasteiger partial charge on any atom is -0.430 e. The van der Waals surface area contributed by atoms with Gasteiger partial charge in [0.15, 0.2) is 0 Å². The van der Waals surface area contributed by atoms with Crippen molar-refractivity contribution in [3.63, 3.8) is 0 Å². The molecular formula is C11H19Cl2O3P. The molecule has 0 saturated carbocycles. The summed E-state index contributed by atoms with van der Waals surface area (Å²) in [7, 11) is -3.19. The first-order valence-electron chi connectivity index (χ1n) is 5.58. The molecule has 0 aliphatic heterocycles. The Morgan fingerprint density at radius 2 is 2.06 bits per heavy atom. The first-order valence-corrected chi connectivity index (χ1v) is 8.06. The van der Waals surface area contributed by atoms with Crippen LogP contribution in [-0.2, 0) is 13.6 Å². The van der Waals surface area contributed by atoms with Gasteiger partial charge in [0.2, 0.25) is 0 Å². The van der Waals surface area contributed by atoms with Gasteiger partial charge in [-0.15, -0.1) is 6.58 Å². The fraction of sp³-hybridized carbons (Fsp3) is 0.636. The zero-order valence-electron chi connectivity index (χ0n) is 10.0. The summed E-state index contributed by atoms with van der Waals surface area (Å²) in [6.45, 7) is 6.04. The molecule has 0 heterocycles. The molecule has 0 aromatic carbocycles. The van der Waals surface area contributed by atoms with Gasteiger partial charge in [0.05, 0.1) is 12.8 Å². The molecule has 0 spiro atoms. The minimum absolute atomic E-state index is 0.0936. The average molecular weight is 301 g/mol. The van der Waals surface area contributed by atoms with Crippen molar-refractivity contribution >= 4 is 30.8 Å². The lowest BCUT2D eigenvalue weighted by Gasteiger charge is -2.15. The van der Waals surface area contributed by atoms with Crippen LogP contribution in [0.3, 0.4) is 0 Å². The maximum absolute atomic E-state index is 12.1. The quantitative estimate of drug-likeness (QED) is 0.239. The topological polar surface area (TPSA) is 35.5 Å². The molecule has 6 heteroatoms. The van der Waals surface area contributed by atoms with Gasteiger partial charge < -0.3 is 4.52 Å². The number of hydrogen-bond acceptors (Lipinski definition) is 3. The highest BCUT2D eigenvalue weighted by atomic mass is 35.5. The SMILES string of the molecule is C=CCP(=O)(OC=C(Cl)Cl)OCCCCCC. The molecule has 0 amide bonds. The van der Waals surface area contributed by atoms with Crippen molar-refractivity contribution in [2.75, 3.05) is 12.8 Å². The lowest BCUT2D eigenvalue weighted by Crippen LogP contribution is -1.98. The van der Waals surface area contributed by atoms with Crippen LogP contribution in [0.2, 0.25) is 0 Å². The van der Waals surface area contributed by atoms with E-state index in [1.165, 1.54) is 6.08 Å². The van der Waals surface area contributed by atoms with Gasteiger partial charge in [-0.2, -0.15) is 0 Å². The van der Waals surface area contributed by atoms with E-state index < -0.39 is 7.60 Å². The third-order valence-electron chi connectivity index (χ3n) is 1.94. The number of halogens is 2. The van der Waals surface area contributed by atoms with Crippen LogP contribution in [0.15, 0.2) is 23.4 Å².